The van der Waals surface area contributed by atoms with Crippen LogP contribution in [-0.2, 0) is 6.42 Å². The first kappa shape index (κ1) is 11.4. The van der Waals surface area contributed by atoms with E-state index in [9.17, 15) is 5.11 Å². The van der Waals surface area contributed by atoms with Crippen molar-refractivity contribution in [2.45, 2.75) is 19.4 Å². The summed E-state index contributed by atoms with van der Waals surface area (Å²) >= 11 is 6.03. The number of aryl methyl sites for hydroxylation is 1. The first-order chi connectivity index (χ1) is 7.69. The van der Waals surface area contributed by atoms with Crippen molar-refractivity contribution >= 4 is 17.1 Å². The van der Waals surface area contributed by atoms with Crippen LogP contribution in [0.3, 0.4) is 0 Å². The van der Waals surface area contributed by atoms with E-state index in [0.29, 0.717) is 5.15 Å². The molecule has 2 heterocycles. The Balaban J connectivity index is 2.74. The first-order valence-electron chi connectivity index (χ1n) is 5.23. The maximum Gasteiger partial charge on any atom is 0.155 e. The Labute approximate surface area is 98.7 Å². The number of imidazole rings is 1. The van der Waals surface area contributed by atoms with Crippen LogP contribution >= 0.6 is 11.6 Å². The Bertz CT molecular complexity index is 509. The van der Waals surface area contributed by atoms with Gasteiger partial charge in [-0.15, -0.1) is 0 Å². The van der Waals surface area contributed by atoms with Gasteiger partial charge in [0, 0.05) is 13.0 Å². The van der Waals surface area contributed by atoms with Gasteiger partial charge in [0.05, 0.1) is 11.2 Å². The molecule has 2 aromatic rings. The Morgan fingerprint density at radius 2 is 2.31 bits per heavy atom. The van der Waals surface area contributed by atoms with Crippen LogP contribution in [-0.4, -0.2) is 21.0 Å². The van der Waals surface area contributed by atoms with Crippen molar-refractivity contribution in [3.63, 3.8) is 0 Å². The monoisotopic (exact) mass is 239 g/mol. The molecule has 0 saturated heterocycles. The molecule has 0 aliphatic carbocycles. The second-order valence-electron chi connectivity index (χ2n) is 3.60. The first-order valence-corrected chi connectivity index (χ1v) is 5.60. The van der Waals surface area contributed by atoms with E-state index in [1.165, 1.54) is 0 Å². The molecule has 0 amide bonds. The number of pyridine rings is 1. The highest BCUT2D eigenvalue weighted by Crippen LogP contribution is 2.23. The second kappa shape index (κ2) is 4.41. The summed E-state index contributed by atoms with van der Waals surface area (Å²) < 4.78 is 1.87. The smallest absolute Gasteiger partial charge is 0.155 e. The molecular weight excluding hydrogens is 226 g/mol. The molecule has 0 bridgehead atoms. The van der Waals surface area contributed by atoms with E-state index in [4.69, 9.17) is 17.3 Å². The van der Waals surface area contributed by atoms with Gasteiger partial charge in [-0.2, -0.15) is 0 Å². The van der Waals surface area contributed by atoms with Gasteiger partial charge in [-0.25, -0.2) is 4.98 Å². The lowest BCUT2D eigenvalue weighted by Crippen LogP contribution is -2.15. The molecule has 0 radical (unpaired) electrons. The summed E-state index contributed by atoms with van der Waals surface area (Å²) in [6.45, 7) is 2.18. The van der Waals surface area contributed by atoms with Crippen LogP contribution < -0.4 is 5.73 Å². The molecule has 1 atom stereocenters. The van der Waals surface area contributed by atoms with E-state index in [0.717, 1.165) is 23.5 Å². The maximum absolute atomic E-state index is 9.84. The number of halogens is 1. The van der Waals surface area contributed by atoms with Crippen molar-refractivity contribution in [3.05, 3.63) is 34.9 Å². The summed E-state index contributed by atoms with van der Waals surface area (Å²) in [7, 11) is 0. The zero-order valence-electron chi connectivity index (χ0n) is 9.02. The van der Waals surface area contributed by atoms with Crippen LogP contribution in [0.4, 0.5) is 0 Å². The van der Waals surface area contributed by atoms with Gasteiger partial charge in [0.1, 0.15) is 11.9 Å². The highest BCUT2D eigenvalue weighted by Gasteiger charge is 2.15. The molecule has 4 nitrogen and oxygen atoms in total. The van der Waals surface area contributed by atoms with E-state index in [1.54, 1.807) is 0 Å². The minimum absolute atomic E-state index is 0.179. The molecule has 0 saturated carbocycles. The van der Waals surface area contributed by atoms with Gasteiger partial charge < -0.3 is 10.8 Å². The van der Waals surface area contributed by atoms with Crippen LogP contribution in [0.15, 0.2) is 18.2 Å². The zero-order chi connectivity index (χ0) is 11.7. The fourth-order valence-corrected chi connectivity index (χ4v) is 2.06. The fourth-order valence-electron chi connectivity index (χ4n) is 1.81. The van der Waals surface area contributed by atoms with Crippen LogP contribution in [0.25, 0.3) is 5.52 Å². The number of aromatic nitrogens is 2. The summed E-state index contributed by atoms with van der Waals surface area (Å²) in [4.78, 5) is 4.26. The molecule has 2 aromatic heterocycles. The van der Waals surface area contributed by atoms with E-state index < -0.39 is 6.10 Å². The normalized spacial score (nSPS) is 13.2. The number of fused-ring (bicyclic) bond motifs is 1. The van der Waals surface area contributed by atoms with Gasteiger partial charge in [0.2, 0.25) is 0 Å². The van der Waals surface area contributed by atoms with Gasteiger partial charge >= 0.3 is 0 Å². The molecule has 3 N–H and O–H groups in total. The molecular formula is C11H14ClN3O. The highest BCUT2D eigenvalue weighted by molar-refractivity contribution is 6.32. The predicted molar refractivity (Wildman–Crippen MR) is 63.6 cm³/mol. The lowest BCUT2D eigenvalue weighted by molar-refractivity contribution is 0.180. The molecule has 2 rings (SSSR count). The average Bonchev–Trinajstić information content (AvgIpc) is 2.65. The van der Waals surface area contributed by atoms with E-state index in [1.807, 2.05) is 29.5 Å². The highest BCUT2D eigenvalue weighted by atomic mass is 35.5. The Kier molecular flexibility index (Phi) is 3.14. The van der Waals surface area contributed by atoms with Gasteiger partial charge in [-0.05, 0) is 12.1 Å². The van der Waals surface area contributed by atoms with Crippen LogP contribution in [0.2, 0.25) is 5.15 Å². The van der Waals surface area contributed by atoms with Gasteiger partial charge in [0.15, 0.2) is 5.15 Å². The fraction of sp³-hybridized carbons (Fsp3) is 0.364. The number of aliphatic hydroxyl groups excluding tert-OH is 1. The Hall–Kier alpha value is -1.10. The minimum atomic E-state index is -0.695. The molecule has 0 aliphatic rings. The average molecular weight is 240 g/mol. The summed E-state index contributed by atoms with van der Waals surface area (Å²) in [5.41, 5.74) is 7.02. The van der Waals surface area contributed by atoms with Crippen molar-refractivity contribution in [1.29, 1.82) is 0 Å². The lowest BCUT2D eigenvalue weighted by atomic mass is 10.2. The van der Waals surface area contributed by atoms with Crippen molar-refractivity contribution in [1.82, 2.24) is 9.38 Å². The standard InChI is InChI=1S/C11H14ClN3O/c1-2-10-14-11(12)8-5-3-4-7(15(8)10)9(16)6-13/h3-5,9,16H,2,6,13H2,1H3. The molecule has 1 unspecified atom stereocenters. The van der Waals surface area contributed by atoms with Crippen molar-refractivity contribution in [2.75, 3.05) is 6.54 Å². The minimum Gasteiger partial charge on any atom is -0.386 e. The van der Waals surface area contributed by atoms with E-state index >= 15 is 0 Å². The molecule has 0 aliphatic heterocycles. The number of aliphatic hydroxyl groups is 1. The van der Waals surface area contributed by atoms with Crippen molar-refractivity contribution in [2.24, 2.45) is 5.73 Å². The van der Waals surface area contributed by atoms with Gasteiger partial charge in [0.25, 0.3) is 0 Å². The predicted octanol–water partition coefficient (Wildman–Crippen LogP) is 1.54. The van der Waals surface area contributed by atoms with E-state index in [-0.39, 0.29) is 6.54 Å². The molecule has 86 valence electrons. The van der Waals surface area contributed by atoms with Crippen molar-refractivity contribution in [3.8, 4) is 0 Å². The molecule has 0 fully saturated rings. The van der Waals surface area contributed by atoms with Gasteiger partial charge in [-0.1, -0.05) is 24.6 Å². The Morgan fingerprint density at radius 1 is 1.56 bits per heavy atom. The SMILES string of the molecule is CCc1nc(Cl)c2cccc(C(O)CN)n12. The summed E-state index contributed by atoms with van der Waals surface area (Å²) in [5.74, 6) is 0.836. The molecule has 0 spiro atoms. The zero-order valence-corrected chi connectivity index (χ0v) is 9.78. The number of hydrogen-bond acceptors (Lipinski definition) is 3. The third kappa shape index (κ3) is 1.69. The van der Waals surface area contributed by atoms with Crippen molar-refractivity contribution < 1.29 is 5.11 Å². The van der Waals surface area contributed by atoms with Crippen LogP contribution in [0, 0.1) is 0 Å². The third-order valence-corrected chi connectivity index (χ3v) is 2.88. The Morgan fingerprint density at radius 3 is 2.94 bits per heavy atom. The number of rotatable bonds is 3. The molecule has 0 aromatic carbocycles. The number of nitrogens with zero attached hydrogens (tertiary/aromatic N) is 2. The van der Waals surface area contributed by atoms with Gasteiger partial charge in [-0.3, -0.25) is 4.40 Å². The number of hydrogen-bond donors (Lipinski definition) is 2. The maximum atomic E-state index is 9.84. The summed E-state index contributed by atoms with van der Waals surface area (Å²) in [6, 6.07) is 5.56. The molecule has 16 heavy (non-hydrogen) atoms. The lowest BCUT2D eigenvalue weighted by Gasteiger charge is -2.12. The topological polar surface area (TPSA) is 63.5 Å². The van der Waals surface area contributed by atoms with Crippen LogP contribution in [0.5, 0.6) is 0 Å². The summed E-state index contributed by atoms with van der Waals surface area (Å²) in [6.07, 6.45) is 0.0571. The van der Waals surface area contributed by atoms with E-state index in [2.05, 4.69) is 4.98 Å². The molecule has 5 heteroatoms. The largest absolute Gasteiger partial charge is 0.386 e. The summed E-state index contributed by atoms with van der Waals surface area (Å²) in [5, 5.41) is 10.3. The quantitative estimate of drug-likeness (QED) is 0.854. The second-order valence-corrected chi connectivity index (χ2v) is 3.95. The third-order valence-electron chi connectivity index (χ3n) is 2.60. The van der Waals surface area contributed by atoms with Crippen LogP contribution in [0.1, 0.15) is 24.5 Å². The number of nitrogens with two attached hydrogens (primary N) is 1.